The highest BCUT2D eigenvalue weighted by Gasteiger charge is 2.47. The van der Waals surface area contributed by atoms with Gasteiger partial charge in [-0.1, -0.05) is 18.2 Å². The molecular formula is C16H21NO2S. The highest BCUT2D eigenvalue weighted by atomic mass is 32.2. The lowest BCUT2D eigenvalue weighted by Gasteiger charge is -2.43. The van der Waals surface area contributed by atoms with Gasteiger partial charge in [0.2, 0.25) is 5.91 Å². The first-order valence-corrected chi connectivity index (χ1v) is 8.46. The van der Waals surface area contributed by atoms with Gasteiger partial charge in [-0.3, -0.25) is 4.79 Å². The maximum absolute atomic E-state index is 13.0. The second kappa shape index (κ2) is 5.32. The van der Waals surface area contributed by atoms with Crippen molar-refractivity contribution in [1.82, 2.24) is 4.90 Å². The third-order valence-electron chi connectivity index (χ3n) is 4.53. The quantitative estimate of drug-likeness (QED) is 0.838. The molecule has 1 saturated carbocycles. The fourth-order valence-electron chi connectivity index (χ4n) is 2.95. The summed E-state index contributed by atoms with van der Waals surface area (Å²) in [7, 11) is 0. The SMILES string of the molecule is CSC1(C(=O)N2Cc3ccccc3OC[C@@H]2C)CCC1. The minimum Gasteiger partial charge on any atom is -0.491 e. The summed E-state index contributed by atoms with van der Waals surface area (Å²) < 4.78 is 5.67. The van der Waals surface area contributed by atoms with E-state index >= 15 is 0 Å². The van der Waals surface area contributed by atoms with Crippen molar-refractivity contribution in [2.75, 3.05) is 12.9 Å². The average Bonchev–Trinajstić information content (AvgIpc) is 2.58. The Kier molecular flexibility index (Phi) is 3.67. The van der Waals surface area contributed by atoms with E-state index in [1.54, 1.807) is 11.8 Å². The molecule has 3 nitrogen and oxygen atoms in total. The fourth-order valence-corrected chi connectivity index (χ4v) is 3.94. The zero-order chi connectivity index (χ0) is 14.2. The van der Waals surface area contributed by atoms with E-state index in [1.165, 1.54) is 6.42 Å². The number of hydrogen-bond acceptors (Lipinski definition) is 3. The summed E-state index contributed by atoms with van der Waals surface area (Å²) in [5.74, 6) is 1.21. The van der Waals surface area contributed by atoms with Crippen molar-refractivity contribution < 1.29 is 9.53 Å². The van der Waals surface area contributed by atoms with Gasteiger partial charge < -0.3 is 9.64 Å². The maximum Gasteiger partial charge on any atom is 0.239 e. The number of thioether (sulfide) groups is 1. The second-order valence-electron chi connectivity index (χ2n) is 5.75. The van der Waals surface area contributed by atoms with Crippen molar-refractivity contribution in [2.45, 2.75) is 43.5 Å². The van der Waals surface area contributed by atoms with Crippen LogP contribution in [0.1, 0.15) is 31.7 Å². The van der Waals surface area contributed by atoms with E-state index in [9.17, 15) is 4.79 Å². The van der Waals surface area contributed by atoms with Gasteiger partial charge in [-0.2, -0.15) is 0 Å². The van der Waals surface area contributed by atoms with Crippen molar-refractivity contribution in [2.24, 2.45) is 0 Å². The van der Waals surface area contributed by atoms with Crippen molar-refractivity contribution in [3.05, 3.63) is 29.8 Å². The molecule has 108 valence electrons. The standard InChI is InChI=1S/C16H21NO2S/c1-12-11-19-14-7-4-3-6-13(14)10-17(12)15(18)16(20-2)8-5-9-16/h3-4,6-7,12H,5,8-11H2,1-2H3/t12-/m0/s1. The number of para-hydroxylation sites is 1. The third-order valence-corrected chi connectivity index (χ3v) is 5.89. The molecule has 0 N–H and O–H groups in total. The van der Waals surface area contributed by atoms with Crippen LogP contribution in [0.2, 0.25) is 0 Å². The van der Waals surface area contributed by atoms with Crippen molar-refractivity contribution in [1.29, 1.82) is 0 Å². The van der Waals surface area contributed by atoms with Crippen molar-refractivity contribution >= 4 is 17.7 Å². The minimum absolute atomic E-state index is 0.125. The Hall–Kier alpha value is -1.16. The van der Waals surface area contributed by atoms with Crippen molar-refractivity contribution in [3.63, 3.8) is 0 Å². The smallest absolute Gasteiger partial charge is 0.239 e. The van der Waals surface area contributed by atoms with Gasteiger partial charge in [0, 0.05) is 12.1 Å². The van der Waals surface area contributed by atoms with Crippen LogP contribution >= 0.6 is 11.8 Å². The average molecular weight is 291 g/mol. The first-order valence-electron chi connectivity index (χ1n) is 7.23. The molecule has 1 aliphatic carbocycles. The van der Waals surface area contributed by atoms with Gasteiger partial charge in [0.05, 0.1) is 10.8 Å². The molecule has 0 aromatic heterocycles. The second-order valence-corrected chi connectivity index (χ2v) is 6.94. The van der Waals surface area contributed by atoms with E-state index in [0.717, 1.165) is 24.2 Å². The summed E-state index contributed by atoms with van der Waals surface area (Å²) in [6, 6.07) is 8.16. The van der Waals surface area contributed by atoms with Crippen LogP contribution in [0.4, 0.5) is 0 Å². The normalized spacial score (nSPS) is 24.1. The zero-order valence-electron chi connectivity index (χ0n) is 12.1. The molecule has 1 amide bonds. The van der Waals surface area contributed by atoms with Crippen LogP contribution < -0.4 is 4.74 Å². The number of hydrogen-bond donors (Lipinski definition) is 0. The lowest BCUT2D eigenvalue weighted by atomic mass is 9.82. The summed E-state index contributed by atoms with van der Waals surface area (Å²) in [5.41, 5.74) is 1.11. The number of nitrogens with zero attached hydrogens (tertiary/aromatic N) is 1. The molecular weight excluding hydrogens is 270 g/mol. The summed E-state index contributed by atoms with van der Waals surface area (Å²) >= 11 is 1.72. The van der Waals surface area contributed by atoms with Gasteiger partial charge in [-0.25, -0.2) is 0 Å². The molecule has 2 aliphatic rings. The molecule has 0 bridgehead atoms. The molecule has 4 heteroatoms. The van der Waals surface area contributed by atoms with Crippen LogP contribution in [-0.4, -0.2) is 34.5 Å². The number of carbonyl (C=O) groups is 1. The summed E-state index contributed by atoms with van der Waals surface area (Å²) in [6.07, 6.45) is 5.25. The molecule has 1 aromatic rings. The Morgan fingerprint density at radius 3 is 2.80 bits per heavy atom. The van der Waals surface area contributed by atoms with Crippen LogP contribution in [0.15, 0.2) is 24.3 Å². The van der Waals surface area contributed by atoms with Crippen LogP contribution in [0, 0.1) is 0 Å². The largest absolute Gasteiger partial charge is 0.491 e. The Morgan fingerprint density at radius 1 is 1.40 bits per heavy atom. The lowest BCUT2D eigenvalue weighted by molar-refractivity contribution is -0.139. The van der Waals surface area contributed by atoms with Gasteiger partial charge in [0.25, 0.3) is 0 Å². The van der Waals surface area contributed by atoms with Gasteiger partial charge in [-0.15, -0.1) is 11.8 Å². The van der Waals surface area contributed by atoms with E-state index in [0.29, 0.717) is 19.1 Å². The lowest BCUT2D eigenvalue weighted by Crippen LogP contribution is -2.53. The molecule has 0 radical (unpaired) electrons. The van der Waals surface area contributed by atoms with Gasteiger partial charge in [0.1, 0.15) is 12.4 Å². The van der Waals surface area contributed by atoms with Crippen LogP contribution in [0.3, 0.4) is 0 Å². The summed E-state index contributed by atoms with van der Waals surface area (Å²) in [6.45, 7) is 3.32. The number of fused-ring (bicyclic) bond motifs is 1. The predicted molar refractivity (Wildman–Crippen MR) is 82.0 cm³/mol. The highest BCUT2D eigenvalue weighted by molar-refractivity contribution is 8.00. The van der Waals surface area contributed by atoms with Crippen LogP contribution in [0.5, 0.6) is 5.75 Å². The monoisotopic (exact) mass is 291 g/mol. The first-order chi connectivity index (χ1) is 9.66. The number of carbonyl (C=O) groups excluding carboxylic acids is 1. The van der Waals surface area contributed by atoms with Gasteiger partial charge >= 0.3 is 0 Å². The van der Waals surface area contributed by atoms with Gasteiger partial charge in [-0.05, 0) is 38.5 Å². The number of benzene rings is 1. The number of rotatable bonds is 2. The van der Waals surface area contributed by atoms with Crippen LogP contribution in [0.25, 0.3) is 0 Å². The molecule has 3 rings (SSSR count). The van der Waals surface area contributed by atoms with E-state index in [2.05, 4.69) is 19.2 Å². The molecule has 1 heterocycles. The number of amides is 1. The minimum atomic E-state index is -0.173. The summed E-state index contributed by atoms with van der Waals surface area (Å²) in [4.78, 5) is 15.0. The number of ether oxygens (including phenoxy) is 1. The van der Waals surface area contributed by atoms with E-state index < -0.39 is 0 Å². The predicted octanol–water partition coefficient (Wildman–Crippen LogP) is 3.08. The van der Waals surface area contributed by atoms with Crippen molar-refractivity contribution in [3.8, 4) is 5.75 Å². The van der Waals surface area contributed by atoms with E-state index in [1.807, 2.05) is 23.1 Å². The third kappa shape index (κ3) is 2.20. The van der Waals surface area contributed by atoms with Crippen LogP contribution in [-0.2, 0) is 11.3 Å². The Morgan fingerprint density at radius 2 is 2.15 bits per heavy atom. The zero-order valence-corrected chi connectivity index (χ0v) is 12.9. The molecule has 1 atom stereocenters. The summed E-state index contributed by atoms with van der Waals surface area (Å²) in [5, 5.41) is 0. The van der Waals surface area contributed by atoms with E-state index in [-0.39, 0.29) is 10.8 Å². The molecule has 1 fully saturated rings. The molecule has 1 aromatic carbocycles. The maximum atomic E-state index is 13.0. The topological polar surface area (TPSA) is 29.5 Å². The molecule has 0 saturated heterocycles. The van der Waals surface area contributed by atoms with Gasteiger partial charge in [0.15, 0.2) is 0 Å². The molecule has 0 spiro atoms. The molecule has 0 unspecified atom stereocenters. The fraction of sp³-hybridized carbons (Fsp3) is 0.562. The Labute approximate surface area is 124 Å². The molecule has 20 heavy (non-hydrogen) atoms. The Balaban J connectivity index is 1.87. The molecule has 1 aliphatic heterocycles. The first kappa shape index (κ1) is 13.8. The Bertz CT molecular complexity index is 507. The highest BCUT2D eigenvalue weighted by Crippen LogP contribution is 2.45. The van der Waals surface area contributed by atoms with E-state index in [4.69, 9.17) is 4.74 Å².